The second-order valence-corrected chi connectivity index (χ2v) is 11.6. The number of aryl methyl sites for hydroxylation is 2. The van der Waals surface area contributed by atoms with E-state index < -0.39 is 0 Å². The predicted molar refractivity (Wildman–Crippen MR) is 161 cm³/mol. The first kappa shape index (κ1) is 28.2. The fourth-order valence-electron chi connectivity index (χ4n) is 6.62. The summed E-state index contributed by atoms with van der Waals surface area (Å²) >= 11 is 0. The van der Waals surface area contributed by atoms with Gasteiger partial charge in [0.1, 0.15) is 11.4 Å². The number of aliphatic hydroxyl groups is 1. The number of hydrogen-bond donors (Lipinski definition) is 2. The Labute approximate surface area is 238 Å². The quantitative estimate of drug-likeness (QED) is 0.279. The number of aromatic hydroxyl groups is 1. The Morgan fingerprint density at radius 1 is 0.700 bits per heavy atom. The van der Waals surface area contributed by atoms with E-state index in [0.29, 0.717) is 18.2 Å². The molecule has 0 bridgehead atoms. The molecule has 0 heterocycles. The second kappa shape index (κ2) is 12.9. The summed E-state index contributed by atoms with van der Waals surface area (Å²) in [6, 6.07) is 18.9. The first-order chi connectivity index (χ1) is 19.5. The van der Waals surface area contributed by atoms with Crippen molar-refractivity contribution in [3.8, 4) is 5.75 Å². The molecular weight excluding hydrogens is 496 g/mol. The SMILES string of the molecule is Cc1cc(C2(c3ccc(/N=N/c4cc(C5CCCCC5)ccc4O)c(C)c3)CCCCC2)ccc1/N=N/CCO. The number of phenols is 1. The molecule has 6 heteroatoms. The lowest BCUT2D eigenvalue weighted by atomic mass is 9.65. The Balaban J connectivity index is 1.42. The minimum absolute atomic E-state index is 0.00662. The molecule has 6 nitrogen and oxygen atoms in total. The molecule has 0 aromatic heterocycles. The Hall–Kier alpha value is -3.38. The maximum absolute atomic E-state index is 10.5. The van der Waals surface area contributed by atoms with Gasteiger partial charge in [-0.15, -0.1) is 5.11 Å². The third-order valence-corrected chi connectivity index (χ3v) is 8.93. The average molecular weight is 539 g/mol. The van der Waals surface area contributed by atoms with Gasteiger partial charge in [-0.1, -0.05) is 68.9 Å². The Morgan fingerprint density at radius 3 is 1.93 bits per heavy atom. The molecule has 2 saturated carbocycles. The maximum Gasteiger partial charge on any atom is 0.143 e. The van der Waals surface area contributed by atoms with Gasteiger partial charge in [0.2, 0.25) is 0 Å². The van der Waals surface area contributed by atoms with Crippen LogP contribution in [0.25, 0.3) is 0 Å². The van der Waals surface area contributed by atoms with Crippen molar-refractivity contribution in [2.24, 2.45) is 20.5 Å². The number of hydrogen-bond acceptors (Lipinski definition) is 6. The molecule has 0 atom stereocenters. The fraction of sp³-hybridized carbons (Fsp3) is 0.471. The Morgan fingerprint density at radius 2 is 1.30 bits per heavy atom. The smallest absolute Gasteiger partial charge is 0.143 e. The van der Waals surface area contributed by atoms with E-state index in [1.807, 2.05) is 12.1 Å². The van der Waals surface area contributed by atoms with E-state index in [0.717, 1.165) is 35.3 Å². The third-order valence-electron chi connectivity index (χ3n) is 8.93. The second-order valence-electron chi connectivity index (χ2n) is 11.6. The van der Waals surface area contributed by atoms with Gasteiger partial charge in [0.05, 0.1) is 24.5 Å². The van der Waals surface area contributed by atoms with Gasteiger partial charge in [0, 0.05) is 5.41 Å². The van der Waals surface area contributed by atoms with Crippen LogP contribution in [-0.2, 0) is 5.41 Å². The van der Waals surface area contributed by atoms with Gasteiger partial charge in [-0.2, -0.15) is 15.3 Å². The van der Waals surface area contributed by atoms with Gasteiger partial charge < -0.3 is 10.2 Å². The highest BCUT2D eigenvalue weighted by Crippen LogP contribution is 2.47. The van der Waals surface area contributed by atoms with Crippen molar-refractivity contribution >= 4 is 17.1 Å². The van der Waals surface area contributed by atoms with Crippen molar-refractivity contribution in [1.82, 2.24) is 0 Å². The average Bonchev–Trinajstić information content (AvgIpc) is 2.99. The fourth-order valence-corrected chi connectivity index (χ4v) is 6.62. The molecule has 3 aromatic rings. The number of phenolic OH excluding ortho intramolecular Hbond substituents is 1. The Bertz CT molecular complexity index is 1370. The van der Waals surface area contributed by atoms with Crippen LogP contribution in [0.3, 0.4) is 0 Å². The van der Waals surface area contributed by atoms with Crippen LogP contribution in [0, 0.1) is 13.8 Å². The highest BCUT2D eigenvalue weighted by Gasteiger charge is 2.36. The van der Waals surface area contributed by atoms with E-state index in [4.69, 9.17) is 5.11 Å². The van der Waals surface area contributed by atoms with Crippen LogP contribution in [0.4, 0.5) is 17.1 Å². The van der Waals surface area contributed by atoms with Crippen LogP contribution in [0.15, 0.2) is 75.1 Å². The largest absolute Gasteiger partial charge is 0.506 e. The van der Waals surface area contributed by atoms with Crippen molar-refractivity contribution in [2.45, 2.75) is 89.4 Å². The van der Waals surface area contributed by atoms with Gasteiger partial charge in [0.15, 0.2) is 0 Å². The number of rotatable bonds is 8. The summed E-state index contributed by atoms with van der Waals surface area (Å²) in [6.45, 7) is 4.51. The van der Waals surface area contributed by atoms with E-state index in [-0.39, 0.29) is 17.8 Å². The van der Waals surface area contributed by atoms with Crippen LogP contribution in [0.2, 0.25) is 0 Å². The van der Waals surface area contributed by atoms with E-state index >= 15 is 0 Å². The van der Waals surface area contributed by atoms with Gasteiger partial charge in [-0.25, -0.2) is 0 Å². The van der Waals surface area contributed by atoms with Crippen molar-refractivity contribution < 1.29 is 10.2 Å². The van der Waals surface area contributed by atoms with E-state index in [9.17, 15) is 5.11 Å². The molecule has 2 N–H and O–H groups in total. The lowest BCUT2D eigenvalue weighted by Gasteiger charge is -2.39. The Kier molecular flexibility index (Phi) is 9.05. The summed E-state index contributed by atoms with van der Waals surface area (Å²) in [7, 11) is 0. The lowest BCUT2D eigenvalue weighted by molar-refractivity contribution is 0.305. The molecule has 2 fully saturated rings. The summed E-state index contributed by atoms with van der Waals surface area (Å²) in [6.07, 6.45) is 12.2. The molecular formula is C34H42N4O2. The van der Waals surface area contributed by atoms with Crippen LogP contribution in [0.5, 0.6) is 5.75 Å². The summed E-state index contributed by atoms with van der Waals surface area (Å²) < 4.78 is 0. The molecule has 5 rings (SSSR count). The topological polar surface area (TPSA) is 89.9 Å². The highest BCUT2D eigenvalue weighted by molar-refractivity contribution is 5.56. The standard InChI is InChI=1S/C34H42N4O2/c1-24-21-28(12-14-30(24)36-35-19-20-39)34(17-7-4-8-18-34)29-13-15-31(25(2)22-29)37-38-32-23-27(11-16-33(32)40)26-9-5-3-6-10-26/h11-16,21-23,26,39-40H,3-10,17-20H2,1-2H3/b36-35+,38-37+. The van der Waals surface area contributed by atoms with Crippen molar-refractivity contribution in [1.29, 1.82) is 0 Å². The molecule has 0 saturated heterocycles. The normalized spacial score (nSPS) is 18.1. The highest BCUT2D eigenvalue weighted by atomic mass is 16.3. The molecule has 0 amide bonds. The minimum Gasteiger partial charge on any atom is -0.506 e. The molecule has 210 valence electrons. The van der Waals surface area contributed by atoms with Crippen LogP contribution in [-0.4, -0.2) is 23.4 Å². The van der Waals surface area contributed by atoms with E-state index in [1.54, 1.807) is 6.07 Å². The molecule has 2 aliphatic rings. The predicted octanol–water partition coefficient (Wildman–Crippen LogP) is 9.80. The maximum atomic E-state index is 10.5. The molecule has 3 aromatic carbocycles. The molecule has 40 heavy (non-hydrogen) atoms. The number of azo groups is 2. The van der Waals surface area contributed by atoms with Crippen molar-refractivity contribution in [3.05, 3.63) is 82.4 Å². The van der Waals surface area contributed by atoms with Gasteiger partial charge in [-0.05, 0) is 97.5 Å². The summed E-state index contributed by atoms with van der Waals surface area (Å²) in [5, 5.41) is 37.0. The first-order valence-corrected chi connectivity index (χ1v) is 15.0. The summed E-state index contributed by atoms with van der Waals surface area (Å²) in [5.41, 5.74) is 8.26. The third kappa shape index (κ3) is 6.17. The van der Waals surface area contributed by atoms with Crippen molar-refractivity contribution in [3.63, 3.8) is 0 Å². The molecule has 0 spiro atoms. The molecule has 0 radical (unpaired) electrons. The summed E-state index contributed by atoms with van der Waals surface area (Å²) in [4.78, 5) is 0. The first-order valence-electron chi connectivity index (χ1n) is 15.0. The zero-order valence-corrected chi connectivity index (χ0v) is 23.9. The monoisotopic (exact) mass is 538 g/mol. The van der Waals surface area contributed by atoms with Gasteiger partial charge in [-0.3, -0.25) is 0 Å². The number of benzene rings is 3. The van der Waals surface area contributed by atoms with Crippen LogP contribution < -0.4 is 0 Å². The number of nitrogens with zero attached hydrogens (tertiary/aromatic N) is 4. The molecule has 0 unspecified atom stereocenters. The zero-order chi connectivity index (χ0) is 28.0. The summed E-state index contributed by atoms with van der Waals surface area (Å²) in [5.74, 6) is 0.728. The van der Waals surface area contributed by atoms with Gasteiger partial charge >= 0.3 is 0 Å². The van der Waals surface area contributed by atoms with E-state index in [2.05, 4.69) is 70.7 Å². The van der Waals surface area contributed by atoms with Crippen LogP contribution >= 0.6 is 0 Å². The van der Waals surface area contributed by atoms with Crippen molar-refractivity contribution in [2.75, 3.05) is 13.2 Å². The van der Waals surface area contributed by atoms with Crippen LogP contribution in [0.1, 0.15) is 97.9 Å². The van der Waals surface area contributed by atoms with E-state index in [1.165, 1.54) is 68.1 Å². The molecule has 0 aliphatic heterocycles. The zero-order valence-electron chi connectivity index (χ0n) is 23.9. The minimum atomic E-state index is -0.0448. The number of aliphatic hydroxyl groups excluding tert-OH is 1. The van der Waals surface area contributed by atoms with Gasteiger partial charge in [0.25, 0.3) is 0 Å². The lowest BCUT2D eigenvalue weighted by Crippen LogP contribution is -2.30. The molecule has 2 aliphatic carbocycles.